The first-order valence-electron chi connectivity index (χ1n) is 11.7. The van der Waals surface area contributed by atoms with Crippen LogP contribution in [0.15, 0.2) is 88.3 Å². The molecule has 2 amide bonds. The van der Waals surface area contributed by atoms with Crippen LogP contribution < -0.4 is 15.0 Å². The molecule has 0 unspecified atom stereocenters. The molecular formula is C28H25ClN2O5S. The van der Waals surface area contributed by atoms with Gasteiger partial charge in [0.05, 0.1) is 25.0 Å². The number of thioether (sulfide) groups is 1. The van der Waals surface area contributed by atoms with Gasteiger partial charge in [-0.3, -0.25) is 9.59 Å². The number of rotatable bonds is 10. The average Bonchev–Trinajstić information content (AvgIpc) is 3.14. The van der Waals surface area contributed by atoms with Gasteiger partial charge in [0.15, 0.2) is 0 Å². The van der Waals surface area contributed by atoms with E-state index in [0.717, 1.165) is 22.6 Å². The van der Waals surface area contributed by atoms with E-state index in [4.69, 9.17) is 21.1 Å². The Labute approximate surface area is 224 Å². The molecule has 0 aliphatic carbocycles. The zero-order valence-electron chi connectivity index (χ0n) is 20.3. The molecule has 0 radical (unpaired) electrons. The molecular weight excluding hydrogens is 512 g/mol. The van der Waals surface area contributed by atoms with Gasteiger partial charge in [0.25, 0.3) is 11.8 Å². The monoisotopic (exact) mass is 536 g/mol. The quantitative estimate of drug-likeness (QED) is 0.185. The highest BCUT2D eigenvalue weighted by atomic mass is 35.5. The van der Waals surface area contributed by atoms with Gasteiger partial charge in [0.1, 0.15) is 16.4 Å². The number of anilines is 2. The number of hydrogen-bond acceptors (Lipinski definition) is 7. The van der Waals surface area contributed by atoms with Crippen molar-refractivity contribution in [1.82, 2.24) is 0 Å². The predicted molar refractivity (Wildman–Crippen MR) is 145 cm³/mol. The van der Waals surface area contributed by atoms with E-state index in [-0.39, 0.29) is 10.6 Å². The summed E-state index contributed by atoms with van der Waals surface area (Å²) in [6, 6.07) is 20.3. The van der Waals surface area contributed by atoms with E-state index >= 15 is 0 Å². The highest BCUT2D eigenvalue weighted by Crippen LogP contribution is 2.38. The fourth-order valence-electron chi connectivity index (χ4n) is 3.55. The number of amides is 2. The molecule has 1 aliphatic heterocycles. The molecule has 1 aliphatic rings. The van der Waals surface area contributed by atoms with Crippen LogP contribution in [0.1, 0.15) is 30.1 Å². The summed E-state index contributed by atoms with van der Waals surface area (Å²) in [6.07, 6.45) is 1.70. The van der Waals surface area contributed by atoms with E-state index in [9.17, 15) is 14.4 Å². The van der Waals surface area contributed by atoms with E-state index in [1.807, 2.05) is 6.92 Å². The summed E-state index contributed by atoms with van der Waals surface area (Å²) in [4.78, 5) is 41.4. The number of halogens is 1. The third-order valence-corrected chi connectivity index (χ3v) is 6.85. The van der Waals surface area contributed by atoms with Crippen molar-refractivity contribution in [2.75, 3.05) is 23.9 Å². The molecule has 1 heterocycles. The largest absolute Gasteiger partial charge is 0.497 e. The maximum absolute atomic E-state index is 13.6. The molecule has 0 fully saturated rings. The van der Waals surface area contributed by atoms with Gasteiger partial charge in [-0.1, -0.05) is 42.8 Å². The van der Waals surface area contributed by atoms with Crippen LogP contribution in [0.2, 0.25) is 5.02 Å². The van der Waals surface area contributed by atoms with E-state index in [1.54, 1.807) is 79.9 Å². The second-order valence-electron chi connectivity index (χ2n) is 8.10. The Kier molecular flexibility index (Phi) is 8.53. The van der Waals surface area contributed by atoms with Crippen LogP contribution in [-0.2, 0) is 14.3 Å². The summed E-state index contributed by atoms with van der Waals surface area (Å²) >= 11 is 7.18. The summed E-state index contributed by atoms with van der Waals surface area (Å²) in [5, 5.41) is 3.67. The minimum atomic E-state index is -0.512. The first-order chi connectivity index (χ1) is 17.9. The van der Waals surface area contributed by atoms with Crippen molar-refractivity contribution >= 4 is 52.5 Å². The Bertz CT molecular complexity index is 1340. The molecule has 0 aromatic heterocycles. The second kappa shape index (κ2) is 12.0. The average molecular weight is 537 g/mol. The number of unbranched alkanes of at least 4 members (excludes halogenated alkanes) is 1. The topological polar surface area (TPSA) is 84.9 Å². The molecule has 0 saturated heterocycles. The minimum absolute atomic E-state index is 0.140. The maximum Gasteiger partial charge on any atom is 0.338 e. The van der Waals surface area contributed by atoms with E-state index in [1.165, 1.54) is 11.8 Å². The van der Waals surface area contributed by atoms with Gasteiger partial charge >= 0.3 is 5.97 Å². The van der Waals surface area contributed by atoms with Crippen molar-refractivity contribution in [3.8, 4) is 5.75 Å². The van der Waals surface area contributed by atoms with Crippen molar-refractivity contribution in [2.24, 2.45) is 0 Å². The van der Waals surface area contributed by atoms with Crippen LogP contribution in [0.5, 0.6) is 5.75 Å². The third-order valence-electron chi connectivity index (χ3n) is 5.51. The summed E-state index contributed by atoms with van der Waals surface area (Å²) < 4.78 is 10.5. The normalized spacial score (nSPS) is 13.2. The molecule has 1 N–H and O–H groups in total. The highest BCUT2D eigenvalue weighted by molar-refractivity contribution is 8.04. The van der Waals surface area contributed by atoms with Gasteiger partial charge in [0.2, 0.25) is 0 Å². The Morgan fingerprint density at radius 3 is 2.41 bits per heavy atom. The number of ether oxygens (including phenoxy) is 2. The first-order valence-corrected chi connectivity index (χ1v) is 12.9. The van der Waals surface area contributed by atoms with Crippen LogP contribution in [0.4, 0.5) is 11.4 Å². The van der Waals surface area contributed by atoms with Crippen LogP contribution >= 0.6 is 23.4 Å². The van der Waals surface area contributed by atoms with Crippen LogP contribution in [0, 0.1) is 0 Å². The van der Waals surface area contributed by atoms with Crippen LogP contribution in [-0.4, -0.2) is 31.5 Å². The number of nitrogens with zero attached hydrogens (tertiary/aromatic N) is 1. The minimum Gasteiger partial charge on any atom is -0.497 e. The second-order valence-corrected chi connectivity index (χ2v) is 9.62. The molecule has 0 spiro atoms. The summed E-state index contributed by atoms with van der Waals surface area (Å²) in [5.74, 6) is -0.833. The number of carbonyl (C=O) groups is 3. The van der Waals surface area contributed by atoms with Gasteiger partial charge in [-0.15, -0.1) is 0 Å². The van der Waals surface area contributed by atoms with Crippen molar-refractivity contribution in [1.29, 1.82) is 0 Å². The number of imide groups is 1. The number of hydrogen-bond donors (Lipinski definition) is 1. The Morgan fingerprint density at radius 2 is 1.73 bits per heavy atom. The zero-order chi connectivity index (χ0) is 26.4. The molecule has 0 bridgehead atoms. The Morgan fingerprint density at radius 1 is 1.00 bits per heavy atom. The molecule has 7 nitrogen and oxygen atoms in total. The number of carbonyl (C=O) groups excluding carboxylic acids is 3. The lowest BCUT2D eigenvalue weighted by Gasteiger charge is -2.16. The zero-order valence-corrected chi connectivity index (χ0v) is 21.9. The van der Waals surface area contributed by atoms with E-state index in [2.05, 4.69) is 5.32 Å². The SMILES string of the molecule is CCCCOC(=O)c1ccc(N2C(=O)C(Nc3cccc(OC)c3)=C(Sc3ccc(Cl)cc3)C2=O)cc1. The van der Waals surface area contributed by atoms with Gasteiger partial charge in [-0.05, 0) is 67.1 Å². The maximum atomic E-state index is 13.6. The van der Waals surface area contributed by atoms with Crippen LogP contribution in [0.3, 0.4) is 0 Å². The molecule has 37 heavy (non-hydrogen) atoms. The summed E-state index contributed by atoms with van der Waals surface area (Å²) in [6.45, 7) is 2.35. The molecule has 4 rings (SSSR count). The standard InChI is InChI=1S/C28H25ClN2O5S/c1-3-4-16-36-28(34)18-8-12-21(13-9-18)31-26(32)24(30-20-6-5-7-22(17-20)35-2)25(27(31)33)37-23-14-10-19(29)11-15-23/h5-15,17,30H,3-4,16H2,1-2H3. The molecule has 0 atom stereocenters. The smallest absolute Gasteiger partial charge is 0.338 e. The third kappa shape index (κ3) is 6.15. The molecule has 190 valence electrons. The molecule has 0 saturated carbocycles. The van der Waals surface area contributed by atoms with Crippen LogP contribution in [0.25, 0.3) is 0 Å². The van der Waals surface area contributed by atoms with E-state index in [0.29, 0.717) is 34.3 Å². The van der Waals surface area contributed by atoms with Crippen molar-refractivity contribution in [2.45, 2.75) is 24.7 Å². The number of esters is 1. The lowest BCUT2D eigenvalue weighted by atomic mass is 10.2. The van der Waals surface area contributed by atoms with Crippen molar-refractivity contribution in [3.63, 3.8) is 0 Å². The number of methoxy groups -OCH3 is 1. The van der Waals surface area contributed by atoms with E-state index < -0.39 is 17.8 Å². The summed E-state index contributed by atoms with van der Waals surface area (Å²) in [5.41, 5.74) is 1.42. The van der Waals surface area contributed by atoms with Gasteiger partial charge < -0.3 is 14.8 Å². The summed E-state index contributed by atoms with van der Waals surface area (Å²) in [7, 11) is 1.55. The lowest BCUT2D eigenvalue weighted by molar-refractivity contribution is -0.120. The van der Waals surface area contributed by atoms with Gasteiger partial charge in [-0.2, -0.15) is 0 Å². The fraction of sp³-hybridized carbons (Fsp3) is 0.179. The molecule has 9 heteroatoms. The molecule has 3 aromatic carbocycles. The van der Waals surface area contributed by atoms with Crippen molar-refractivity contribution in [3.05, 3.63) is 94.0 Å². The lowest BCUT2D eigenvalue weighted by Crippen LogP contribution is -2.32. The number of nitrogens with one attached hydrogen (secondary N) is 1. The first kappa shape index (κ1) is 26.3. The number of benzene rings is 3. The highest BCUT2D eigenvalue weighted by Gasteiger charge is 2.40. The predicted octanol–water partition coefficient (Wildman–Crippen LogP) is 6.29. The molecule has 3 aromatic rings. The van der Waals surface area contributed by atoms with Crippen molar-refractivity contribution < 1.29 is 23.9 Å². The Hall–Kier alpha value is -3.75. The fourth-order valence-corrected chi connectivity index (χ4v) is 4.61. The van der Waals surface area contributed by atoms with Gasteiger partial charge in [-0.25, -0.2) is 9.69 Å². The Balaban J connectivity index is 1.63. The van der Waals surface area contributed by atoms with Gasteiger partial charge in [0, 0.05) is 21.7 Å².